The molecule has 3 rings (SSSR count). The van der Waals surface area contributed by atoms with Crippen LogP contribution < -0.4 is 0 Å². The zero-order chi connectivity index (χ0) is 21.1. The molecule has 0 bridgehead atoms. The average molecular weight is 499 g/mol. The van der Waals surface area contributed by atoms with Crippen LogP contribution in [0, 0.1) is 0 Å². The predicted molar refractivity (Wildman–Crippen MR) is 116 cm³/mol. The van der Waals surface area contributed by atoms with E-state index in [1.165, 1.54) is 6.07 Å². The van der Waals surface area contributed by atoms with Gasteiger partial charge in [-0.2, -0.15) is 0 Å². The van der Waals surface area contributed by atoms with Gasteiger partial charge in [0.25, 0.3) is 5.41 Å². The van der Waals surface area contributed by atoms with Crippen molar-refractivity contribution in [1.82, 2.24) is 0 Å². The van der Waals surface area contributed by atoms with Gasteiger partial charge in [0.2, 0.25) is 0 Å². The molecule has 0 heterocycles. The standard InChI is InChI=1S/C21H18BrF2O3PS/c22-20-12-15(6-11-19(20)21(24,14-23)28(25,26)27)13-29-18-9-7-17(8-10-18)16-4-2-1-3-5-16/h1-12H,13-14H2,(H2,25,26,27). The van der Waals surface area contributed by atoms with E-state index in [4.69, 9.17) is 0 Å². The lowest BCUT2D eigenvalue weighted by molar-refractivity contribution is 0.162. The lowest BCUT2D eigenvalue weighted by Crippen LogP contribution is -2.23. The van der Waals surface area contributed by atoms with Gasteiger partial charge in [-0.3, -0.25) is 4.57 Å². The fraction of sp³-hybridized carbons (Fsp3) is 0.143. The topological polar surface area (TPSA) is 57.5 Å². The predicted octanol–water partition coefficient (Wildman–Crippen LogP) is 6.68. The summed E-state index contributed by atoms with van der Waals surface area (Å²) in [6, 6.07) is 22.5. The number of hydrogen-bond acceptors (Lipinski definition) is 2. The smallest absolute Gasteiger partial charge is 0.322 e. The molecule has 0 amide bonds. The van der Waals surface area contributed by atoms with Crippen LogP contribution in [0.15, 0.2) is 82.2 Å². The van der Waals surface area contributed by atoms with Gasteiger partial charge < -0.3 is 9.79 Å². The van der Waals surface area contributed by atoms with Crippen molar-refractivity contribution in [3.63, 3.8) is 0 Å². The molecule has 1 atom stereocenters. The van der Waals surface area contributed by atoms with Gasteiger partial charge in [-0.05, 0) is 34.9 Å². The second kappa shape index (κ2) is 9.11. The van der Waals surface area contributed by atoms with Crippen LogP contribution in [0.1, 0.15) is 11.1 Å². The van der Waals surface area contributed by atoms with Gasteiger partial charge in [0.1, 0.15) is 6.67 Å². The maximum absolute atomic E-state index is 14.6. The minimum atomic E-state index is -5.32. The van der Waals surface area contributed by atoms with Crippen LogP contribution in [0.25, 0.3) is 11.1 Å². The summed E-state index contributed by atoms with van der Waals surface area (Å²) < 4.78 is 39.3. The number of halogens is 3. The maximum Gasteiger partial charge on any atom is 0.369 e. The molecule has 152 valence electrons. The van der Waals surface area contributed by atoms with Crippen LogP contribution in [0.2, 0.25) is 0 Å². The number of rotatable bonds is 7. The van der Waals surface area contributed by atoms with Crippen LogP contribution in [-0.4, -0.2) is 16.5 Å². The first kappa shape index (κ1) is 22.2. The quantitative estimate of drug-likeness (QED) is 0.281. The first-order chi connectivity index (χ1) is 13.7. The Hall–Kier alpha value is -1.50. The average Bonchev–Trinajstić information content (AvgIpc) is 2.72. The molecule has 0 saturated heterocycles. The largest absolute Gasteiger partial charge is 0.369 e. The van der Waals surface area contributed by atoms with Gasteiger partial charge in [-0.25, -0.2) is 8.78 Å². The highest BCUT2D eigenvalue weighted by atomic mass is 79.9. The SMILES string of the molecule is O=P(O)(O)C(F)(CF)c1ccc(CSc2ccc(-c3ccccc3)cc2)cc1Br. The van der Waals surface area contributed by atoms with Crippen molar-refractivity contribution in [3.8, 4) is 11.1 Å². The summed E-state index contributed by atoms with van der Waals surface area (Å²) in [7, 11) is -5.32. The Morgan fingerprint density at radius 2 is 1.59 bits per heavy atom. The summed E-state index contributed by atoms with van der Waals surface area (Å²) in [4.78, 5) is 19.5. The Kier molecular flexibility index (Phi) is 6.97. The van der Waals surface area contributed by atoms with Gasteiger partial charge in [-0.15, -0.1) is 11.8 Å². The van der Waals surface area contributed by atoms with E-state index in [9.17, 15) is 23.1 Å². The summed E-state index contributed by atoms with van der Waals surface area (Å²) in [6.07, 6.45) is 0. The third kappa shape index (κ3) is 4.98. The van der Waals surface area contributed by atoms with Crippen molar-refractivity contribution in [1.29, 1.82) is 0 Å². The molecule has 29 heavy (non-hydrogen) atoms. The maximum atomic E-state index is 14.6. The van der Waals surface area contributed by atoms with E-state index in [-0.39, 0.29) is 4.47 Å². The molecule has 2 N–H and O–H groups in total. The molecule has 3 aromatic carbocycles. The van der Waals surface area contributed by atoms with Gasteiger partial charge in [0.15, 0.2) is 0 Å². The van der Waals surface area contributed by atoms with E-state index < -0.39 is 25.2 Å². The molecular formula is C21H18BrF2O3PS. The number of hydrogen-bond donors (Lipinski definition) is 2. The van der Waals surface area contributed by atoms with Crippen LogP contribution >= 0.6 is 35.3 Å². The summed E-state index contributed by atoms with van der Waals surface area (Å²) in [5.41, 5.74) is 2.67. The van der Waals surface area contributed by atoms with E-state index in [2.05, 4.69) is 15.9 Å². The third-order valence-electron chi connectivity index (χ3n) is 4.45. The van der Waals surface area contributed by atoms with Gasteiger partial charge in [0.05, 0.1) is 0 Å². The minimum absolute atomic E-state index is 0.124. The van der Waals surface area contributed by atoms with Crippen LogP contribution in [0.5, 0.6) is 0 Å². The van der Waals surface area contributed by atoms with Crippen molar-refractivity contribution in [3.05, 3.63) is 88.4 Å². The second-order valence-electron chi connectivity index (χ2n) is 6.43. The van der Waals surface area contributed by atoms with Gasteiger partial charge >= 0.3 is 7.60 Å². The van der Waals surface area contributed by atoms with Crippen LogP contribution in [-0.2, 0) is 15.7 Å². The molecular weight excluding hydrogens is 481 g/mol. The Morgan fingerprint density at radius 3 is 2.14 bits per heavy atom. The lowest BCUT2D eigenvalue weighted by atomic mass is 10.1. The number of thioether (sulfide) groups is 1. The zero-order valence-electron chi connectivity index (χ0n) is 15.1. The molecule has 3 nitrogen and oxygen atoms in total. The van der Waals surface area contributed by atoms with Crippen molar-refractivity contribution in [2.75, 3.05) is 6.67 Å². The highest BCUT2D eigenvalue weighted by Gasteiger charge is 2.51. The van der Waals surface area contributed by atoms with E-state index in [1.807, 2.05) is 54.6 Å². The third-order valence-corrected chi connectivity index (χ3v) is 7.48. The van der Waals surface area contributed by atoms with Crippen molar-refractivity contribution >= 4 is 35.3 Å². The Bertz CT molecular complexity index is 1030. The molecule has 0 spiro atoms. The molecule has 1 unspecified atom stereocenters. The molecule has 0 saturated carbocycles. The molecule has 0 aromatic heterocycles. The number of benzene rings is 3. The molecule has 0 aliphatic heterocycles. The summed E-state index contributed by atoms with van der Waals surface area (Å²) in [6.45, 7) is -1.81. The normalized spacial score (nSPS) is 13.8. The highest BCUT2D eigenvalue weighted by Crippen LogP contribution is 2.59. The van der Waals surface area contributed by atoms with Crippen LogP contribution in [0.4, 0.5) is 8.78 Å². The first-order valence-corrected chi connectivity index (χ1v) is 12.0. The molecule has 0 fully saturated rings. The van der Waals surface area contributed by atoms with E-state index in [0.717, 1.165) is 21.6 Å². The Morgan fingerprint density at radius 1 is 0.966 bits per heavy atom. The van der Waals surface area contributed by atoms with E-state index in [0.29, 0.717) is 5.75 Å². The second-order valence-corrected chi connectivity index (χ2v) is 10.1. The minimum Gasteiger partial charge on any atom is -0.322 e. The van der Waals surface area contributed by atoms with Gasteiger partial charge in [-0.1, -0.05) is 70.5 Å². The Labute approximate surface area is 180 Å². The fourth-order valence-electron chi connectivity index (χ4n) is 2.81. The first-order valence-electron chi connectivity index (χ1n) is 8.62. The summed E-state index contributed by atoms with van der Waals surface area (Å²) in [5.74, 6) is 0.564. The molecule has 0 aliphatic carbocycles. The van der Waals surface area contributed by atoms with Crippen molar-refractivity contribution < 1.29 is 23.1 Å². The fourth-order valence-corrected chi connectivity index (χ4v) is 5.21. The van der Waals surface area contributed by atoms with Crippen molar-refractivity contribution in [2.45, 2.75) is 16.1 Å². The lowest BCUT2D eigenvalue weighted by Gasteiger charge is -2.24. The van der Waals surface area contributed by atoms with E-state index in [1.54, 1.807) is 23.9 Å². The molecule has 8 heteroatoms. The van der Waals surface area contributed by atoms with Crippen LogP contribution in [0.3, 0.4) is 0 Å². The monoisotopic (exact) mass is 498 g/mol. The van der Waals surface area contributed by atoms with Crippen molar-refractivity contribution in [2.24, 2.45) is 0 Å². The zero-order valence-corrected chi connectivity index (χ0v) is 18.4. The summed E-state index contributed by atoms with van der Waals surface area (Å²) in [5, 5.41) is -3.36. The molecule has 3 aromatic rings. The Balaban J connectivity index is 1.72. The highest BCUT2D eigenvalue weighted by molar-refractivity contribution is 9.10. The molecule has 0 aliphatic rings. The number of alkyl halides is 2. The van der Waals surface area contributed by atoms with Gasteiger partial charge in [0, 0.05) is 20.7 Å². The molecule has 0 radical (unpaired) electrons. The van der Waals surface area contributed by atoms with E-state index >= 15 is 0 Å². The summed E-state index contributed by atoms with van der Waals surface area (Å²) >= 11 is 4.69.